The Kier molecular flexibility index (Phi) is 7.54. The van der Waals surface area contributed by atoms with E-state index in [-0.39, 0.29) is 29.4 Å². The number of aromatic amines is 1. The first-order valence-corrected chi connectivity index (χ1v) is 16.0. The van der Waals surface area contributed by atoms with Gasteiger partial charge >= 0.3 is 11.9 Å². The predicted molar refractivity (Wildman–Crippen MR) is 159 cm³/mol. The molecule has 4 heterocycles. The lowest BCUT2D eigenvalue weighted by Crippen LogP contribution is -2.75. The van der Waals surface area contributed by atoms with Crippen molar-refractivity contribution in [2.75, 3.05) is 19.0 Å². The van der Waals surface area contributed by atoms with Crippen LogP contribution in [0.15, 0.2) is 47.7 Å². The summed E-state index contributed by atoms with van der Waals surface area (Å²) in [5, 5.41) is 1.55. The Morgan fingerprint density at radius 1 is 1.15 bits per heavy atom. The SMILES string of the molecule is CC(=O)OCC1=C(C(=O)OC(C)(C)C)N2C(=O)C(NC(=O)COc3ccc4c(c3)OCc3c-4[nH]c4ccc(F)cc34)C2S(=O)(=O)C1. The van der Waals surface area contributed by atoms with E-state index in [1.165, 1.54) is 12.1 Å². The number of β-lactam (4-membered cyclic amide) rings is 1. The molecule has 15 heteroatoms. The molecule has 13 nitrogen and oxygen atoms in total. The van der Waals surface area contributed by atoms with Gasteiger partial charge in [-0.2, -0.15) is 0 Å². The molecule has 0 aliphatic carbocycles. The van der Waals surface area contributed by atoms with Gasteiger partial charge in [0.15, 0.2) is 21.8 Å². The average molecular weight is 656 g/mol. The van der Waals surface area contributed by atoms with Gasteiger partial charge in [0.25, 0.3) is 11.8 Å². The minimum absolute atomic E-state index is 0.108. The Morgan fingerprint density at radius 3 is 2.63 bits per heavy atom. The summed E-state index contributed by atoms with van der Waals surface area (Å²) in [6.45, 7) is 5.03. The maximum atomic E-state index is 13.8. The van der Waals surface area contributed by atoms with E-state index in [4.69, 9.17) is 18.9 Å². The van der Waals surface area contributed by atoms with E-state index in [0.717, 1.165) is 39.5 Å². The van der Waals surface area contributed by atoms with Crippen molar-refractivity contribution >= 4 is 44.5 Å². The molecule has 46 heavy (non-hydrogen) atoms. The number of nitrogens with one attached hydrogen (secondary N) is 2. The molecular formula is C31H30FN3O10S. The fourth-order valence-corrected chi connectivity index (χ4v) is 7.68. The lowest BCUT2D eigenvalue weighted by atomic mass is 10.0. The van der Waals surface area contributed by atoms with Crippen LogP contribution >= 0.6 is 0 Å². The van der Waals surface area contributed by atoms with Crippen LogP contribution in [0.5, 0.6) is 11.5 Å². The molecule has 1 fully saturated rings. The lowest BCUT2D eigenvalue weighted by molar-refractivity contribution is -0.159. The van der Waals surface area contributed by atoms with Gasteiger partial charge in [0, 0.05) is 40.6 Å². The number of amides is 2. The van der Waals surface area contributed by atoms with Gasteiger partial charge in [0.05, 0.1) is 11.4 Å². The molecule has 0 saturated carbocycles. The van der Waals surface area contributed by atoms with Gasteiger partial charge in [-0.25, -0.2) is 17.6 Å². The number of H-pyrrole nitrogens is 1. The number of carbonyl (C=O) groups is 4. The summed E-state index contributed by atoms with van der Waals surface area (Å²) in [6.07, 6.45) is 0. The number of hydrogen-bond donors (Lipinski definition) is 2. The summed E-state index contributed by atoms with van der Waals surface area (Å²) < 4.78 is 62.1. The molecule has 0 bridgehead atoms. The molecule has 3 aliphatic heterocycles. The highest BCUT2D eigenvalue weighted by atomic mass is 32.2. The number of benzene rings is 2. The largest absolute Gasteiger partial charge is 0.488 e. The van der Waals surface area contributed by atoms with Gasteiger partial charge in [-0.15, -0.1) is 0 Å². The van der Waals surface area contributed by atoms with E-state index in [0.29, 0.717) is 5.75 Å². The van der Waals surface area contributed by atoms with Crippen LogP contribution < -0.4 is 14.8 Å². The molecule has 3 aliphatic rings. The highest BCUT2D eigenvalue weighted by Crippen LogP contribution is 2.42. The zero-order valence-corrected chi connectivity index (χ0v) is 26.1. The molecule has 1 aromatic heterocycles. The molecule has 242 valence electrons. The van der Waals surface area contributed by atoms with E-state index in [2.05, 4.69) is 10.3 Å². The average Bonchev–Trinajstić information content (AvgIpc) is 3.34. The van der Waals surface area contributed by atoms with Crippen molar-refractivity contribution in [1.82, 2.24) is 15.2 Å². The molecule has 0 radical (unpaired) electrons. The van der Waals surface area contributed by atoms with Gasteiger partial charge in [-0.1, -0.05) is 0 Å². The van der Waals surface area contributed by atoms with Gasteiger partial charge in [-0.3, -0.25) is 19.3 Å². The predicted octanol–water partition coefficient (Wildman–Crippen LogP) is 2.49. The number of ether oxygens (including phenoxy) is 4. The van der Waals surface area contributed by atoms with Crippen molar-refractivity contribution in [1.29, 1.82) is 0 Å². The Labute approximate surface area is 262 Å². The number of sulfone groups is 1. The van der Waals surface area contributed by atoms with Crippen LogP contribution in [-0.2, 0) is 45.1 Å². The van der Waals surface area contributed by atoms with Crippen molar-refractivity contribution < 1.29 is 50.9 Å². The van der Waals surface area contributed by atoms with Crippen LogP contribution in [0.2, 0.25) is 0 Å². The van der Waals surface area contributed by atoms with Crippen molar-refractivity contribution in [3.63, 3.8) is 0 Å². The summed E-state index contributed by atoms with van der Waals surface area (Å²) in [7, 11) is -4.12. The summed E-state index contributed by atoms with van der Waals surface area (Å²) in [5.74, 6) is -3.59. The number of halogens is 1. The van der Waals surface area contributed by atoms with E-state index in [9.17, 15) is 32.0 Å². The second kappa shape index (κ2) is 11.2. The smallest absolute Gasteiger partial charge is 0.355 e. The number of carbonyl (C=O) groups excluding carboxylic acids is 4. The molecule has 2 N–H and O–H groups in total. The number of fused-ring (bicyclic) bond motifs is 6. The molecule has 2 unspecified atom stereocenters. The van der Waals surface area contributed by atoms with E-state index in [1.807, 2.05) is 0 Å². The third-order valence-electron chi connectivity index (χ3n) is 7.55. The Morgan fingerprint density at radius 2 is 1.91 bits per heavy atom. The molecule has 3 aromatic rings. The number of hydrogen-bond acceptors (Lipinski definition) is 10. The molecule has 1 saturated heterocycles. The standard InChI is InChI=1S/C31H30FN3O10S/c1-15(36)42-11-16-14-46(40,41)29-26(28(38)35(29)27(16)30(39)45-31(2,3)4)34-24(37)13-43-18-6-7-19-23(10-18)44-12-21-20-9-17(32)5-8-22(20)33-25(19)21/h5-10,26,29,33H,11-14H2,1-4H3,(H,34,37). The molecular weight excluding hydrogens is 625 g/mol. The highest BCUT2D eigenvalue weighted by Gasteiger charge is 2.61. The zero-order chi connectivity index (χ0) is 33.1. The van der Waals surface area contributed by atoms with Crippen LogP contribution in [0.4, 0.5) is 4.39 Å². The van der Waals surface area contributed by atoms with Crippen LogP contribution in [0.25, 0.3) is 22.2 Å². The van der Waals surface area contributed by atoms with Crippen LogP contribution in [-0.4, -0.2) is 78.0 Å². The van der Waals surface area contributed by atoms with Gasteiger partial charge in [0.1, 0.15) is 47.9 Å². The summed E-state index contributed by atoms with van der Waals surface area (Å²) >= 11 is 0. The van der Waals surface area contributed by atoms with E-state index >= 15 is 0 Å². The first-order valence-electron chi connectivity index (χ1n) is 14.3. The van der Waals surface area contributed by atoms with Gasteiger partial charge < -0.3 is 29.2 Å². The number of aromatic nitrogens is 1. The van der Waals surface area contributed by atoms with Crippen molar-refractivity contribution in [2.24, 2.45) is 0 Å². The Bertz CT molecular complexity index is 1960. The third-order valence-corrected chi connectivity index (χ3v) is 9.52. The molecule has 6 rings (SSSR count). The molecule has 2 amide bonds. The van der Waals surface area contributed by atoms with Gasteiger partial charge in [0.2, 0.25) is 0 Å². The normalized spacial score (nSPS) is 19.7. The van der Waals surface area contributed by atoms with Crippen molar-refractivity contribution in [3.05, 3.63) is 59.0 Å². The second-order valence-corrected chi connectivity index (χ2v) is 14.2. The zero-order valence-electron chi connectivity index (χ0n) is 25.3. The third kappa shape index (κ3) is 5.66. The topological polar surface area (TPSA) is 170 Å². The first-order chi connectivity index (χ1) is 21.6. The minimum atomic E-state index is -4.12. The fraction of sp³-hybridized carbons (Fsp3) is 0.355. The van der Waals surface area contributed by atoms with E-state index in [1.54, 1.807) is 45.0 Å². The molecule has 0 spiro atoms. The quantitative estimate of drug-likeness (QED) is 0.285. The van der Waals surface area contributed by atoms with Crippen LogP contribution in [0, 0.1) is 5.82 Å². The van der Waals surface area contributed by atoms with Crippen molar-refractivity contribution in [2.45, 2.75) is 51.3 Å². The molecule has 2 atom stereocenters. The molecule has 2 aromatic carbocycles. The van der Waals surface area contributed by atoms with Gasteiger partial charge in [-0.05, 0) is 51.1 Å². The number of nitrogens with zero attached hydrogens (tertiary/aromatic N) is 1. The number of rotatable bonds is 7. The monoisotopic (exact) mass is 655 g/mol. The Hall–Kier alpha value is -4.92. The fourth-order valence-electron chi connectivity index (χ4n) is 5.67. The Balaban J connectivity index is 1.15. The minimum Gasteiger partial charge on any atom is -0.488 e. The van der Waals surface area contributed by atoms with Crippen LogP contribution in [0.3, 0.4) is 0 Å². The number of esters is 2. The van der Waals surface area contributed by atoms with Crippen LogP contribution in [0.1, 0.15) is 33.3 Å². The second-order valence-electron chi connectivity index (χ2n) is 12.1. The highest BCUT2D eigenvalue weighted by molar-refractivity contribution is 7.92. The lowest BCUT2D eigenvalue weighted by Gasteiger charge is -2.49. The van der Waals surface area contributed by atoms with Crippen molar-refractivity contribution in [3.8, 4) is 22.8 Å². The maximum Gasteiger partial charge on any atom is 0.355 e. The maximum absolute atomic E-state index is 13.8. The summed E-state index contributed by atoms with van der Waals surface area (Å²) in [4.78, 5) is 54.6. The van der Waals surface area contributed by atoms with E-state index < -0.39 is 69.6 Å². The first kappa shape index (κ1) is 31.1. The summed E-state index contributed by atoms with van der Waals surface area (Å²) in [5.41, 5.74) is 1.67. The summed E-state index contributed by atoms with van der Waals surface area (Å²) in [6, 6.07) is 7.91.